The van der Waals surface area contributed by atoms with Crippen LogP contribution in [0.4, 0.5) is 0 Å². The molecule has 2 heterocycles. The lowest BCUT2D eigenvalue weighted by atomic mass is 9.88. The number of amides is 3. The number of aryl methyl sites for hydroxylation is 1. The third kappa shape index (κ3) is 5.73. The van der Waals surface area contributed by atoms with E-state index in [1.807, 2.05) is 42.2 Å². The second-order valence-electron chi connectivity index (χ2n) is 8.61. The predicted octanol–water partition coefficient (Wildman–Crippen LogP) is 3.56. The highest BCUT2D eigenvalue weighted by molar-refractivity contribution is 5.98. The van der Waals surface area contributed by atoms with E-state index in [-0.39, 0.29) is 30.2 Å². The van der Waals surface area contributed by atoms with Gasteiger partial charge in [0.1, 0.15) is 11.8 Å². The van der Waals surface area contributed by atoms with Crippen molar-refractivity contribution in [2.75, 3.05) is 13.1 Å². The van der Waals surface area contributed by atoms with Crippen molar-refractivity contribution < 1.29 is 18.8 Å². The Morgan fingerprint density at radius 2 is 1.71 bits per heavy atom. The molecule has 1 aliphatic heterocycles. The summed E-state index contributed by atoms with van der Waals surface area (Å²) in [5.41, 5.74) is 2.14. The fourth-order valence-electron chi connectivity index (χ4n) is 4.30. The molecule has 7 nitrogen and oxygen atoms in total. The Kier molecular flexibility index (Phi) is 7.42. The number of hydrogen-bond acceptors (Lipinski definition) is 4. The molecule has 0 saturated carbocycles. The molecule has 1 saturated heterocycles. The Labute approximate surface area is 199 Å². The van der Waals surface area contributed by atoms with Gasteiger partial charge in [-0.25, -0.2) is 0 Å². The Morgan fingerprint density at radius 3 is 2.38 bits per heavy atom. The van der Waals surface area contributed by atoms with Crippen LogP contribution in [0.5, 0.6) is 0 Å². The molecule has 0 bridgehead atoms. The van der Waals surface area contributed by atoms with Crippen LogP contribution in [0.15, 0.2) is 77.4 Å². The Bertz CT molecular complexity index is 1120. The van der Waals surface area contributed by atoms with Crippen molar-refractivity contribution in [1.82, 2.24) is 15.5 Å². The zero-order chi connectivity index (χ0) is 23.9. The molecule has 2 N–H and O–H groups in total. The highest BCUT2D eigenvalue weighted by atomic mass is 16.3. The first kappa shape index (κ1) is 23.3. The summed E-state index contributed by atoms with van der Waals surface area (Å²) in [4.78, 5) is 40.7. The van der Waals surface area contributed by atoms with Gasteiger partial charge in [0.15, 0.2) is 0 Å². The zero-order valence-electron chi connectivity index (χ0n) is 19.2. The van der Waals surface area contributed by atoms with E-state index in [9.17, 15) is 14.4 Å². The van der Waals surface area contributed by atoms with E-state index >= 15 is 0 Å². The second kappa shape index (κ2) is 10.8. The number of furan rings is 1. The SMILES string of the molecule is Cc1cccc(C(=O)N[C@H](C(=O)NCc2ccco2)C2CCN(C(=O)c3ccccc3)CC2)c1. The molecule has 3 aromatic rings. The number of nitrogens with one attached hydrogen (secondary N) is 2. The van der Waals surface area contributed by atoms with E-state index in [0.29, 0.717) is 42.8 Å². The maximum atomic E-state index is 13.2. The maximum absolute atomic E-state index is 13.2. The van der Waals surface area contributed by atoms with E-state index in [1.54, 1.807) is 42.7 Å². The minimum atomic E-state index is -0.711. The van der Waals surface area contributed by atoms with E-state index in [1.165, 1.54) is 0 Å². The minimum absolute atomic E-state index is 0.0123. The van der Waals surface area contributed by atoms with Crippen molar-refractivity contribution >= 4 is 17.7 Å². The van der Waals surface area contributed by atoms with Gasteiger partial charge < -0.3 is 20.0 Å². The highest BCUT2D eigenvalue weighted by Crippen LogP contribution is 2.23. The van der Waals surface area contributed by atoms with Crippen molar-refractivity contribution in [2.45, 2.75) is 32.4 Å². The lowest BCUT2D eigenvalue weighted by Crippen LogP contribution is -2.53. The molecule has 1 atom stereocenters. The number of likely N-dealkylation sites (tertiary alicyclic amines) is 1. The Morgan fingerprint density at radius 1 is 0.971 bits per heavy atom. The second-order valence-corrected chi connectivity index (χ2v) is 8.61. The zero-order valence-corrected chi connectivity index (χ0v) is 19.2. The molecule has 0 radical (unpaired) electrons. The van der Waals surface area contributed by atoms with E-state index in [0.717, 1.165) is 5.56 Å². The molecular formula is C27H29N3O4. The summed E-state index contributed by atoms with van der Waals surface area (Å²) < 4.78 is 5.31. The molecule has 0 spiro atoms. The van der Waals surface area contributed by atoms with E-state index in [2.05, 4.69) is 10.6 Å². The summed E-state index contributed by atoms with van der Waals surface area (Å²) >= 11 is 0. The molecule has 1 aliphatic rings. The topological polar surface area (TPSA) is 91.7 Å². The normalized spacial score (nSPS) is 14.9. The third-order valence-electron chi connectivity index (χ3n) is 6.19. The fraction of sp³-hybridized carbons (Fsp3) is 0.296. The van der Waals surface area contributed by atoms with Crippen LogP contribution in [0.25, 0.3) is 0 Å². The molecule has 1 fully saturated rings. The Hall–Kier alpha value is -3.87. The summed E-state index contributed by atoms with van der Waals surface area (Å²) in [7, 11) is 0. The van der Waals surface area contributed by atoms with Crippen LogP contribution in [0.3, 0.4) is 0 Å². The number of piperidine rings is 1. The van der Waals surface area contributed by atoms with Gasteiger partial charge >= 0.3 is 0 Å². The number of nitrogens with zero attached hydrogens (tertiary/aromatic N) is 1. The molecule has 176 valence electrons. The minimum Gasteiger partial charge on any atom is -0.467 e. The standard InChI is InChI=1S/C27H29N3O4/c1-19-7-5-10-22(17-19)25(31)29-24(26(32)28-18-23-11-6-16-34-23)20-12-14-30(15-13-20)27(33)21-8-3-2-4-9-21/h2-11,16-17,20,24H,12-15,18H2,1H3,(H,28,32)(H,29,31)/t24-/m0/s1. The molecular weight excluding hydrogens is 430 g/mol. The molecule has 0 aliphatic carbocycles. The lowest BCUT2D eigenvalue weighted by Gasteiger charge is -2.36. The summed E-state index contributed by atoms with van der Waals surface area (Å²) in [5, 5.41) is 5.83. The van der Waals surface area contributed by atoms with Crippen molar-refractivity contribution in [3.8, 4) is 0 Å². The summed E-state index contributed by atoms with van der Waals surface area (Å²) in [6, 6.07) is 19.3. The first-order valence-corrected chi connectivity index (χ1v) is 11.5. The van der Waals surface area contributed by atoms with Gasteiger partial charge in [-0.3, -0.25) is 14.4 Å². The Balaban J connectivity index is 1.44. The van der Waals surface area contributed by atoms with Crippen LogP contribution in [-0.4, -0.2) is 41.8 Å². The van der Waals surface area contributed by atoms with Gasteiger partial charge in [-0.15, -0.1) is 0 Å². The van der Waals surface area contributed by atoms with E-state index in [4.69, 9.17) is 4.42 Å². The number of carbonyl (C=O) groups excluding carboxylic acids is 3. The summed E-state index contributed by atoms with van der Waals surface area (Å²) in [5.74, 6) is -0.0119. The molecule has 4 rings (SSSR count). The average molecular weight is 460 g/mol. The first-order chi connectivity index (χ1) is 16.5. The average Bonchev–Trinajstić information content (AvgIpc) is 3.40. The van der Waals surface area contributed by atoms with Gasteiger partial charge in [0.05, 0.1) is 12.8 Å². The third-order valence-corrected chi connectivity index (χ3v) is 6.19. The van der Waals surface area contributed by atoms with Crippen molar-refractivity contribution in [3.63, 3.8) is 0 Å². The van der Waals surface area contributed by atoms with Gasteiger partial charge in [-0.1, -0.05) is 35.9 Å². The molecule has 1 aromatic heterocycles. The lowest BCUT2D eigenvalue weighted by molar-refractivity contribution is -0.124. The van der Waals surface area contributed by atoms with Crippen LogP contribution < -0.4 is 10.6 Å². The van der Waals surface area contributed by atoms with Crippen molar-refractivity contribution in [3.05, 3.63) is 95.4 Å². The van der Waals surface area contributed by atoms with Crippen molar-refractivity contribution in [2.24, 2.45) is 5.92 Å². The highest BCUT2D eigenvalue weighted by Gasteiger charge is 2.34. The summed E-state index contributed by atoms with van der Waals surface area (Å²) in [6.07, 6.45) is 2.79. The maximum Gasteiger partial charge on any atom is 0.253 e. The van der Waals surface area contributed by atoms with Gasteiger partial charge in [0.2, 0.25) is 5.91 Å². The van der Waals surface area contributed by atoms with Crippen LogP contribution in [0.2, 0.25) is 0 Å². The molecule has 2 aromatic carbocycles. The quantitative estimate of drug-likeness (QED) is 0.565. The summed E-state index contributed by atoms with van der Waals surface area (Å²) in [6.45, 7) is 3.22. The number of carbonyl (C=O) groups is 3. The smallest absolute Gasteiger partial charge is 0.253 e. The van der Waals surface area contributed by atoms with E-state index < -0.39 is 6.04 Å². The monoisotopic (exact) mass is 459 g/mol. The van der Waals surface area contributed by atoms with Crippen LogP contribution >= 0.6 is 0 Å². The predicted molar refractivity (Wildman–Crippen MR) is 128 cm³/mol. The molecule has 7 heteroatoms. The van der Waals surface area contributed by atoms with Crippen LogP contribution in [0.1, 0.15) is 44.9 Å². The number of hydrogen-bond donors (Lipinski definition) is 2. The van der Waals surface area contributed by atoms with Crippen LogP contribution in [-0.2, 0) is 11.3 Å². The molecule has 3 amide bonds. The largest absolute Gasteiger partial charge is 0.467 e. The van der Waals surface area contributed by atoms with Gasteiger partial charge in [0, 0.05) is 24.2 Å². The van der Waals surface area contributed by atoms with Crippen molar-refractivity contribution in [1.29, 1.82) is 0 Å². The van der Waals surface area contributed by atoms with Crippen LogP contribution in [0, 0.1) is 12.8 Å². The number of rotatable bonds is 7. The number of benzene rings is 2. The molecule has 0 unspecified atom stereocenters. The molecule has 34 heavy (non-hydrogen) atoms. The first-order valence-electron chi connectivity index (χ1n) is 11.5. The van der Waals surface area contributed by atoms with Gasteiger partial charge in [-0.2, -0.15) is 0 Å². The van der Waals surface area contributed by atoms with Gasteiger partial charge in [0.25, 0.3) is 11.8 Å². The van der Waals surface area contributed by atoms with Gasteiger partial charge in [-0.05, 0) is 62.1 Å². The fourth-order valence-corrected chi connectivity index (χ4v) is 4.30.